The number of carboxylic acids is 1. The monoisotopic (exact) mass is 283 g/mol. The molecule has 6 heteroatoms. The van der Waals surface area contributed by atoms with Crippen molar-refractivity contribution in [1.82, 2.24) is 4.90 Å². The Bertz CT molecular complexity index is 483. The summed E-state index contributed by atoms with van der Waals surface area (Å²) < 4.78 is 4.90. The number of nitrogens with zero attached hydrogens (tertiary/aromatic N) is 1. The molecule has 1 N–H and O–H groups in total. The van der Waals surface area contributed by atoms with Crippen molar-refractivity contribution in [1.29, 1.82) is 0 Å². The summed E-state index contributed by atoms with van der Waals surface area (Å²) in [5, 5.41) is 8.97. The molecule has 0 fully saturated rings. The van der Waals surface area contributed by atoms with Crippen molar-refractivity contribution in [2.24, 2.45) is 0 Å². The maximum absolute atomic E-state index is 11.3. The molecule has 2 heterocycles. The molecule has 0 spiro atoms. The Labute approximate surface area is 115 Å². The lowest BCUT2D eigenvalue weighted by Crippen LogP contribution is -2.31. The molecule has 0 amide bonds. The molecular weight excluding hydrogens is 266 g/mol. The summed E-state index contributed by atoms with van der Waals surface area (Å²) >= 11 is 1.36. The van der Waals surface area contributed by atoms with E-state index >= 15 is 0 Å². The van der Waals surface area contributed by atoms with Crippen molar-refractivity contribution in [3.63, 3.8) is 0 Å². The molecule has 19 heavy (non-hydrogen) atoms. The predicted molar refractivity (Wildman–Crippen MR) is 71.5 cm³/mol. The van der Waals surface area contributed by atoms with Gasteiger partial charge in [-0.3, -0.25) is 9.69 Å². The Kier molecular flexibility index (Phi) is 4.55. The van der Waals surface area contributed by atoms with Gasteiger partial charge in [0.05, 0.1) is 13.0 Å². The van der Waals surface area contributed by atoms with Gasteiger partial charge in [-0.05, 0) is 25.0 Å². The van der Waals surface area contributed by atoms with E-state index in [4.69, 9.17) is 9.84 Å². The SMILES string of the molecule is CCOC(=O)CCN1CCc2sc(C(=O)O)cc2C1. The summed E-state index contributed by atoms with van der Waals surface area (Å²) in [7, 11) is 0. The predicted octanol–water partition coefficient (Wildman–Crippen LogP) is 1.76. The highest BCUT2D eigenvalue weighted by atomic mass is 32.1. The summed E-state index contributed by atoms with van der Waals surface area (Å²) in [6, 6.07) is 1.75. The molecule has 1 aromatic rings. The Morgan fingerprint density at radius 2 is 2.32 bits per heavy atom. The van der Waals surface area contributed by atoms with Gasteiger partial charge in [-0.2, -0.15) is 0 Å². The second-order valence-electron chi connectivity index (χ2n) is 4.45. The number of carbonyl (C=O) groups excluding carboxylic acids is 1. The number of thiophene rings is 1. The number of carbonyl (C=O) groups is 2. The molecule has 0 saturated carbocycles. The van der Waals surface area contributed by atoms with E-state index in [-0.39, 0.29) is 5.97 Å². The van der Waals surface area contributed by atoms with E-state index in [1.165, 1.54) is 11.3 Å². The van der Waals surface area contributed by atoms with E-state index in [9.17, 15) is 9.59 Å². The minimum atomic E-state index is -0.863. The molecule has 5 nitrogen and oxygen atoms in total. The van der Waals surface area contributed by atoms with Crippen LogP contribution < -0.4 is 0 Å². The first-order valence-corrected chi connectivity index (χ1v) is 7.14. The molecule has 0 atom stereocenters. The van der Waals surface area contributed by atoms with Gasteiger partial charge in [0.2, 0.25) is 0 Å². The van der Waals surface area contributed by atoms with Crippen LogP contribution in [0.5, 0.6) is 0 Å². The highest BCUT2D eigenvalue weighted by Gasteiger charge is 2.21. The number of ether oxygens (including phenoxy) is 1. The third kappa shape index (κ3) is 3.54. The van der Waals surface area contributed by atoms with Crippen LogP contribution in [-0.4, -0.2) is 41.6 Å². The first kappa shape index (κ1) is 14.0. The quantitative estimate of drug-likeness (QED) is 0.834. The second kappa shape index (κ2) is 6.16. The summed E-state index contributed by atoms with van der Waals surface area (Å²) in [6.07, 6.45) is 1.25. The Hall–Kier alpha value is -1.40. The molecule has 0 aliphatic carbocycles. The minimum absolute atomic E-state index is 0.176. The van der Waals surface area contributed by atoms with Crippen LogP contribution in [0.4, 0.5) is 0 Å². The zero-order chi connectivity index (χ0) is 13.8. The average Bonchev–Trinajstić information content (AvgIpc) is 2.80. The van der Waals surface area contributed by atoms with E-state index < -0.39 is 5.97 Å². The molecule has 2 rings (SSSR count). The number of rotatable bonds is 5. The minimum Gasteiger partial charge on any atom is -0.477 e. The maximum Gasteiger partial charge on any atom is 0.345 e. The second-order valence-corrected chi connectivity index (χ2v) is 5.58. The molecule has 0 bridgehead atoms. The van der Waals surface area contributed by atoms with E-state index in [0.29, 0.717) is 24.4 Å². The van der Waals surface area contributed by atoms with Crippen molar-refractivity contribution in [3.05, 3.63) is 21.4 Å². The molecule has 104 valence electrons. The van der Waals surface area contributed by atoms with Crippen LogP contribution in [0.2, 0.25) is 0 Å². The van der Waals surface area contributed by atoms with Gasteiger partial charge in [0.15, 0.2) is 0 Å². The van der Waals surface area contributed by atoms with Crippen molar-refractivity contribution in [2.45, 2.75) is 26.3 Å². The lowest BCUT2D eigenvalue weighted by Gasteiger charge is -2.26. The van der Waals surface area contributed by atoms with E-state index in [2.05, 4.69) is 4.90 Å². The molecule has 0 radical (unpaired) electrons. The van der Waals surface area contributed by atoms with Crippen LogP contribution in [0.15, 0.2) is 6.07 Å². The van der Waals surface area contributed by atoms with Crippen LogP contribution in [0.25, 0.3) is 0 Å². The fourth-order valence-electron chi connectivity index (χ4n) is 2.17. The normalized spacial score (nSPS) is 15.0. The molecule has 0 aromatic carbocycles. The summed E-state index contributed by atoms with van der Waals surface area (Å²) in [6.45, 7) is 4.46. The highest BCUT2D eigenvalue weighted by molar-refractivity contribution is 7.14. The van der Waals surface area contributed by atoms with Crippen molar-refractivity contribution in [3.8, 4) is 0 Å². The maximum atomic E-state index is 11.3. The van der Waals surface area contributed by atoms with Gasteiger partial charge in [0, 0.05) is 24.5 Å². The summed E-state index contributed by atoms with van der Waals surface area (Å²) in [5.74, 6) is -1.04. The third-order valence-corrected chi connectivity index (χ3v) is 4.32. The summed E-state index contributed by atoms with van der Waals surface area (Å²) in [5.41, 5.74) is 1.08. The Morgan fingerprint density at radius 1 is 1.53 bits per heavy atom. The zero-order valence-electron chi connectivity index (χ0n) is 10.8. The van der Waals surface area contributed by atoms with Crippen LogP contribution in [0.1, 0.15) is 33.5 Å². The standard InChI is InChI=1S/C13H17NO4S/c1-2-18-12(15)4-6-14-5-3-10-9(8-14)7-11(19-10)13(16)17/h7H,2-6,8H2,1H3,(H,16,17). The molecule has 0 unspecified atom stereocenters. The average molecular weight is 283 g/mol. The van der Waals surface area contributed by atoms with Crippen molar-refractivity contribution >= 4 is 23.3 Å². The number of aromatic carboxylic acids is 1. The van der Waals surface area contributed by atoms with E-state index in [0.717, 1.165) is 30.0 Å². The van der Waals surface area contributed by atoms with E-state index in [1.807, 2.05) is 0 Å². The molecule has 1 aromatic heterocycles. The number of esters is 1. The Balaban J connectivity index is 1.91. The van der Waals surface area contributed by atoms with Crippen LogP contribution in [0.3, 0.4) is 0 Å². The molecular formula is C13H17NO4S. The van der Waals surface area contributed by atoms with Gasteiger partial charge in [-0.25, -0.2) is 4.79 Å². The Morgan fingerprint density at radius 3 is 3.00 bits per heavy atom. The summed E-state index contributed by atoms with van der Waals surface area (Å²) in [4.78, 5) is 25.9. The first-order valence-electron chi connectivity index (χ1n) is 6.33. The molecule has 0 saturated heterocycles. The van der Waals surface area contributed by atoms with Gasteiger partial charge in [-0.15, -0.1) is 11.3 Å². The smallest absolute Gasteiger partial charge is 0.345 e. The van der Waals surface area contributed by atoms with Gasteiger partial charge in [0.25, 0.3) is 0 Å². The van der Waals surface area contributed by atoms with Gasteiger partial charge in [0.1, 0.15) is 4.88 Å². The number of hydrogen-bond acceptors (Lipinski definition) is 5. The zero-order valence-corrected chi connectivity index (χ0v) is 11.7. The fourth-order valence-corrected chi connectivity index (χ4v) is 3.17. The van der Waals surface area contributed by atoms with Gasteiger partial charge >= 0.3 is 11.9 Å². The topological polar surface area (TPSA) is 66.8 Å². The lowest BCUT2D eigenvalue weighted by molar-refractivity contribution is -0.143. The van der Waals surface area contributed by atoms with Crippen LogP contribution in [-0.2, 0) is 22.5 Å². The highest BCUT2D eigenvalue weighted by Crippen LogP contribution is 2.28. The van der Waals surface area contributed by atoms with Crippen LogP contribution >= 0.6 is 11.3 Å². The van der Waals surface area contributed by atoms with Gasteiger partial charge in [-0.1, -0.05) is 0 Å². The lowest BCUT2D eigenvalue weighted by atomic mass is 10.1. The molecule has 1 aliphatic heterocycles. The van der Waals surface area contributed by atoms with Crippen LogP contribution in [0, 0.1) is 0 Å². The number of carboxylic acid groups (broad SMARTS) is 1. The number of hydrogen-bond donors (Lipinski definition) is 1. The van der Waals surface area contributed by atoms with Crippen molar-refractivity contribution in [2.75, 3.05) is 19.7 Å². The largest absolute Gasteiger partial charge is 0.477 e. The molecule has 1 aliphatic rings. The van der Waals surface area contributed by atoms with E-state index in [1.54, 1.807) is 13.0 Å². The van der Waals surface area contributed by atoms with Gasteiger partial charge < -0.3 is 9.84 Å². The van der Waals surface area contributed by atoms with Crippen molar-refractivity contribution < 1.29 is 19.4 Å². The third-order valence-electron chi connectivity index (χ3n) is 3.09. The number of fused-ring (bicyclic) bond motifs is 1. The fraction of sp³-hybridized carbons (Fsp3) is 0.538. The first-order chi connectivity index (χ1) is 9.10.